The van der Waals surface area contributed by atoms with Crippen molar-refractivity contribution in [2.24, 2.45) is 0 Å². The Balaban J connectivity index is 2.21. The molecule has 0 aliphatic carbocycles. The number of anilines is 1. The van der Waals surface area contributed by atoms with Crippen LogP contribution in [-0.2, 0) is 9.84 Å². The summed E-state index contributed by atoms with van der Waals surface area (Å²) in [5.41, 5.74) is 0.546. The minimum Gasteiger partial charge on any atom is -0.321 e. The Kier molecular flexibility index (Phi) is 5.06. The number of carbonyl (C=O) groups is 1. The average molecular weight is 356 g/mol. The van der Waals surface area contributed by atoms with Gasteiger partial charge >= 0.3 is 0 Å². The van der Waals surface area contributed by atoms with E-state index in [0.29, 0.717) is 0 Å². The lowest BCUT2D eigenvalue weighted by Crippen LogP contribution is -2.15. The summed E-state index contributed by atoms with van der Waals surface area (Å²) in [4.78, 5) is 12.3. The lowest BCUT2D eigenvalue weighted by molar-refractivity contribution is 0.102. The second-order valence-electron chi connectivity index (χ2n) is 5.20. The van der Waals surface area contributed by atoms with Crippen LogP contribution >= 0.6 is 11.6 Å². The van der Waals surface area contributed by atoms with Crippen LogP contribution in [0.4, 0.5) is 10.1 Å². The van der Waals surface area contributed by atoms with Gasteiger partial charge in [-0.3, -0.25) is 4.79 Å². The molecule has 0 atom stereocenters. The summed E-state index contributed by atoms with van der Waals surface area (Å²) >= 11 is 5.85. The van der Waals surface area contributed by atoms with Crippen LogP contribution in [0, 0.1) is 5.82 Å². The van der Waals surface area contributed by atoms with Crippen LogP contribution < -0.4 is 5.32 Å². The van der Waals surface area contributed by atoms with E-state index < -0.39 is 26.8 Å². The molecule has 0 unspecified atom stereocenters. The molecule has 0 saturated heterocycles. The van der Waals surface area contributed by atoms with Gasteiger partial charge in [-0.1, -0.05) is 11.6 Å². The van der Waals surface area contributed by atoms with Crippen molar-refractivity contribution in [2.45, 2.75) is 24.0 Å². The number of carbonyl (C=O) groups excluding carboxylic acids is 1. The van der Waals surface area contributed by atoms with Crippen LogP contribution in [0.3, 0.4) is 0 Å². The number of sulfone groups is 1. The van der Waals surface area contributed by atoms with E-state index in [4.69, 9.17) is 11.6 Å². The van der Waals surface area contributed by atoms with E-state index in [1.54, 1.807) is 13.8 Å². The summed E-state index contributed by atoms with van der Waals surface area (Å²) in [6, 6.07) is 9.24. The molecule has 23 heavy (non-hydrogen) atoms. The van der Waals surface area contributed by atoms with Gasteiger partial charge in [0.15, 0.2) is 9.84 Å². The van der Waals surface area contributed by atoms with Crippen molar-refractivity contribution in [3.05, 3.63) is 58.9 Å². The molecule has 0 heterocycles. The third kappa shape index (κ3) is 3.89. The minimum atomic E-state index is -3.38. The van der Waals surface area contributed by atoms with Crippen LogP contribution in [0.5, 0.6) is 0 Å². The Hall–Kier alpha value is -1.92. The van der Waals surface area contributed by atoms with Gasteiger partial charge in [-0.05, 0) is 56.3 Å². The van der Waals surface area contributed by atoms with Crippen LogP contribution in [0.1, 0.15) is 24.2 Å². The molecule has 122 valence electrons. The predicted molar refractivity (Wildman–Crippen MR) is 88.1 cm³/mol. The highest BCUT2D eigenvalue weighted by Gasteiger charge is 2.19. The largest absolute Gasteiger partial charge is 0.321 e. The van der Waals surface area contributed by atoms with Crippen molar-refractivity contribution in [2.75, 3.05) is 5.32 Å². The fourth-order valence-corrected chi connectivity index (χ4v) is 3.13. The first-order chi connectivity index (χ1) is 10.7. The quantitative estimate of drug-likeness (QED) is 0.904. The van der Waals surface area contributed by atoms with Crippen LogP contribution in [-0.4, -0.2) is 19.6 Å². The fourth-order valence-electron chi connectivity index (χ4n) is 1.85. The summed E-state index contributed by atoms with van der Waals surface area (Å²) in [7, 11) is -3.38. The SMILES string of the molecule is CC(C)S(=O)(=O)c1ccc(C(=O)Nc2ccc(F)cc2Cl)cc1. The summed E-state index contributed by atoms with van der Waals surface area (Å²) in [6.07, 6.45) is 0. The maximum absolute atomic E-state index is 13.0. The van der Waals surface area contributed by atoms with Gasteiger partial charge in [0.1, 0.15) is 5.82 Å². The highest BCUT2D eigenvalue weighted by molar-refractivity contribution is 7.92. The molecule has 0 radical (unpaired) electrons. The van der Waals surface area contributed by atoms with Gasteiger partial charge in [0.05, 0.1) is 20.9 Å². The van der Waals surface area contributed by atoms with Crippen molar-refractivity contribution < 1.29 is 17.6 Å². The minimum absolute atomic E-state index is 0.0809. The Morgan fingerprint density at radius 1 is 1.13 bits per heavy atom. The number of amides is 1. The smallest absolute Gasteiger partial charge is 0.255 e. The number of rotatable bonds is 4. The lowest BCUT2D eigenvalue weighted by atomic mass is 10.2. The van der Waals surface area contributed by atoms with Gasteiger partial charge < -0.3 is 5.32 Å². The third-order valence-electron chi connectivity index (χ3n) is 3.24. The van der Waals surface area contributed by atoms with Crippen LogP contribution in [0.25, 0.3) is 0 Å². The molecule has 0 spiro atoms. The molecule has 0 aliphatic rings. The molecule has 0 bridgehead atoms. The Morgan fingerprint density at radius 2 is 1.74 bits per heavy atom. The number of benzene rings is 2. The summed E-state index contributed by atoms with van der Waals surface area (Å²) in [5.74, 6) is -0.969. The van der Waals surface area contributed by atoms with Gasteiger partial charge in [-0.2, -0.15) is 0 Å². The summed E-state index contributed by atoms with van der Waals surface area (Å²) in [5, 5.41) is 2.09. The normalized spacial score (nSPS) is 11.5. The maximum Gasteiger partial charge on any atom is 0.255 e. The van der Waals surface area contributed by atoms with Gasteiger partial charge in [-0.15, -0.1) is 0 Å². The van der Waals surface area contributed by atoms with E-state index in [1.165, 1.54) is 36.4 Å². The van der Waals surface area contributed by atoms with Gasteiger partial charge in [-0.25, -0.2) is 12.8 Å². The molecule has 2 aromatic carbocycles. The van der Waals surface area contributed by atoms with Crippen LogP contribution in [0.15, 0.2) is 47.4 Å². The van der Waals surface area contributed by atoms with E-state index in [0.717, 1.165) is 6.07 Å². The summed E-state index contributed by atoms with van der Waals surface area (Å²) < 4.78 is 37.0. The van der Waals surface area contributed by atoms with Crippen LogP contribution in [0.2, 0.25) is 5.02 Å². The first-order valence-electron chi connectivity index (χ1n) is 6.82. The molecule has 4 nitrogen and oxygen atoms in total. The number of hydrogen-bond donors (Lipinski definition) is 1. The zero-order valence-corrected chi connectivity index (χ0v) is 14.1. The monoisotopic (exact) mass is 355 g/mol. The van der Waals surface area contributed by atoms with Crippen molar-refractivity contribution in [3.63, 3.8) is 0 Å². The molecule has 1 amide bonds. The second-order valence-corrected chi connectivity index (χ2v) is 8.11. The molecule has 0 aromatic heterocycles. The van der Waals surface area contributed by atoms with Crippen molar-refractivity contribution in [3.8, 4) is 0 Å². The molecular formula is C16H15ClFNO3S. The molecule has 1 N–H and O–H groups in total. The number of hydrogen-bond acceptors (Lipinski definition) is 3. The second kappa shape index (κ2) is 6.68. The highest BCUT2D eigenvalue weighted by atomic mass is 35.5. The third-order valence-corrected chi connectivity index (χ3v) is 5.73. The fraction of sp³-hybridized carbons (Fsp3) is 0.188. The zero-order valence-electron chi connectivity index (χ0n) is 12.5. The average Bonchev–Trinajstić information content (AvgIpc) is 2.50. The zero-order chi connectivity index (χ0) is 17.2. The van der Waals surface area contributed by atoms with Crippen molar-refractivity contribution >= 4 is 33.0 Å². The molecule has 2 rings (SSSR count). The Morgan fingerprint density at radius 3 is 2.26 bits per heavy atom. The predicted octanol–water partition coefficient (Wildman–Crippen LogP) is 3.91. The first kappa shape index (κ1) is 17.4. The van der Waals surface area contributed by atoms with E-state index >= 15 is 0 Å². The van der Waals surface area contributed by atoms with E-state index in [-0.39, 0.29) is 21.2 Å². The standard InChI is InChI=1S/C16H15ClFNO3S/c1-10(2)23(21,22)13-6-3-11(4-7-13)16(20)19-15-8-5-12(18)9-14(15)17/h3-10H,1-2H3,(H,19,20). The molecule has 0 fully saturated rings. The van der Waals surface area contributed by atoms with Crippen molar-refractivity contribution in [1.82, 2.24) is 0 Å². The van der Waals surface area contributed by atoms with E-state index in [2.05, 4.69) is 5.32 Å². The highest BCUT2D eigenvalue weighted by Crippen LogP contribution is 2.23. The Bertz CT molecular complexity index is 833. The molecule has 7 heteroatoms. The van der Waals surface area contributed by atoms with Gasteiger partial charge in [0, 0.05) is 5.56 Å². The van der Waals surface area contributed by atoms with Gasteiger partial charge in [0.25, 0.3) is 5.91 Å². The molecule has 2 aromatic rings. The summed E-state index contributed by atoms with van der Waals surface area (Å²) in [6.45, 7) is 3.18. The molecule has 0 saturated carbocycles. The van der Waals surface area contributed by atoms with Crippen molar-refractivity contribution in [1.29, 1.82) is 0 Å². The van der Waals surface area contributed by atoms with E-state index in [1.807, 2.05) is 0 Å². The van der Waals surface area contributed by atoms with Gasteiger partial charge in [0.2, 0.25) is 0 Å². The topological polar surface area (TPSA) is 63.2 Å². The maximum atomic E-state index is 13.0. The lowest BCUT2D eigenvalue weighted by Gasteiger charge is -2.10. The first-order valence-corrected chi connectivity index (χ1v) is 8.74. The Labute approximate surface area is 139 Å². The van der Waals surface area contributed by atoms with E-state index in [9.17, 15) is 17.6 Å². The number of halogens is 2. The number of nitrogens with one attached hydrogen (secondary N) is 1. The molecular weight excluding hydrogens is 341 g/mol. The molecule has 0 aliphatic heterocycles.